The van der Waals surface area contributed by atoms with E-state index >= 15 is 0 Å². The van der Waals surface area contributed by atoms with Gasteiger partial charge in [0.25, 0.3) is 0 Å². The van der Waals surface area contributed by atoms with Crippen LogP contribution >= 0.6 is 11.6 Å². The summed E-state index contributed by atoms with van der Waals surface area (Å²) in [6.07, 6.45) is 1.09. The van der Waals surface area contributed by atoms with E-state index in [0.29, 0.717) is 17.0 Å². The van der Waals surface area contributed by atoms with Crippen molar-refractivity contribution in [2.24, 2.45) is 0 Å². The molecule has 0 aliphatic carbocycles. The average molecular weight is 332 g/mol. The van der Waals surface area contributed by atoms with Gasteiger partial charge in [0.15, 0.2) is 11.4 Å². The summed E-state index contributed by atoms with van der Waals surface area (Å²) in [6.45, 7) is 1.85. The molecule has 6 nitrogen and oxygen atoms in total. The largest absolute Gasteiger partial charge is 0.450 e. The maximum atomic E-state index is 6.14. The topological polar surface area (TPSA) is 66.2 Å². The van der Waals surface area contributed by atoms with Gasteiger partial charge in [-0.25, -0.2) is 4.98 Å². The highest BCUT2D eigenvalue weighted by atomic mass is 35.5. The Bertz CT molecular complexity index is 878. The Kier molecular flexibility index (Phi) is 3.50. The molecule has 0 radical (unpaired) electrons. The standard InChI is InChI=1S/C16H18ClN5O/c1-18-10-5-6-22(8-10)15-14-13(20-16(19-2)21-15)11-7-9(17)3-4-12(11)23-14/h3-4,7,10,18H,5-6,8H2,1-2H3,(H,19,20,21)/t10-/m1/s1. The molecule has 0 bridgehead atoms. The van der Waals surface area contributed by atoms with Gasteiger partial charge in [-0.05, 0) is 31.7 Å². The minimum absolute atomic E-state index is 0.469. The first-order valence-electron chi connectivity index (χ1n) is 7.69. The first kappa shape index (κ1) is 14.5. The highest BCUT2D eigenvalue weighted by molar-refractivity contribution is 6.31. The highest BCUT2D eigenvalue weighted by Crippen LogP contribution is 2.36. The second-order valence-corrected chi connectivity index (χ2v) is 6.20. The molecule has 0 spiro atoms. The number of benzene rings is 1. The summed E-state index contributed by atoms with van der Waals surface area (Å²) < 4.78 is 6.05. The molecule has 1 fully saturated rings. The van der Waals surface area contributed by atoms with Crippen molar-refractivity contribution < 1.29 is 4.42 Å². The molecular formula is C16H18ClN5O. The Balaban J connectivity index is 1.94. The number of likely N-dealkylation sites (N-methyl/N-ethyl adjacent to an activating group) is 1. The van der Waals surface area contributed by atoms with Crippen molar-refractivity contribution >= 4 is 45.4 Å². The lowest BCUT2D eigenvalue weighted by Gasteiger charge is -2.18. The predicted molar refractivity (Wildman–Crippen MR) is 93.5 cm³/mol. The second-order valence-electron chi connectivity index (χ2n) is 5.76. The monoisotopic (exact) mass is 331 g/mol. The van der Waals surface area contributed by atoms with Crippen molar-refractivity contribution in [2.75, 3.05) is 37.4 Å². The summed E-state index contributed by atoms with van der Waals surface area (Å²) >= 11 is 6.14. The van der Waals surface area contributed by atoms with E-state index in [4.69, 9.17) is 16.0 Å². The van der Waals surface area contributed by atoms with Crippen LogP contribution in [0.4, 0.5) is 11.8 Å². The fourth-order valence-corrected chi connectivity index (χ4v) is 3.29. The third kappa shape index (κ3) is 2.38. The van der Waals surface area contributed by atoms with Gasteiger partial charge in [-0.1, -0.05) is 11.6 Å². The van der Waals surface area contributed by atoms with Gasteiger partial charge in [0, 0.05) is 36.6 Å². The Morgan fingerprint density at radius 3 is 2.91 bits per heavy atom. The summed E-state index contributed by atoms with van der Waals surface area (Å²) in [7, 11) is 3.81. The summed E-state index contributed by atoms with van der Waals surface area (Å²) in [5.41, 5.74) is 2.29. The number of nitrogens with zero attached hydrogens (tertiary/aromatic N) is 3. The van der Waals surface area contributed by atoms with Crippen molar-refractivity contribution in [1.82, 2.24) is 15.3 Å². The quantitative estimate of drug-likeness (QED) is 0.769. The summed E-state index contributed by atoms with van der Waals surface area (Å²) in [4.78, 5) is 11.5. The zero-order valence-electron chi connectivity index (χ0n) is 13.1. The normalized spacial score (nSPS) is 18.2. The van der Waals surface area contributed by atoms with Gasteiger partial charge >= 0.3 is 0 Å². The molecule has 3 heterocycles. The van der Waals surface area contributed by atoms with Crippen LogP contribution in [-0.4, -0.2) is 43.2 Å². The molecule has 1 aliphatic rings. The first-order valence-corrected chi connectivity index (χ1v) is 8.07. The molecule has 1 aromatic carbocycles. The number of aromatic nitrogens is 2. The smallest absolute Gasteiger partial charge is 0.225 e. The van der Waals surface area contributed by atoms with Crippen molar-refractivity contribution in [3.8, 4) is 0 Å². The second kappa shape index (κ2) is 5.54. The van der Waals surface area contributed by atoms with Crippen LogP contribution in [0.15, 0.2) is 22.6 Å². The van der Waals surface area contributed by atoms with Crippen LogP contribution in [0.3, 0.4) is 0 Å². The highest BCUT2D eigenvalue weighted by Gasteiger charge is 2.26. The number of hydrogen-bond acceptors (Lipinski definition) is 6. The number of anilines is 2. The van der Waals surface area contributed by atoms with Crippen molar-refractivity contribution in [1.29, 1.82) is 0 Å². The molecule has 0 unspecified atom stereocenters. The van der Waals surface area contributed by atoms with Gasteiger partial charge < -0.3 is 20.0 Å². The van der Waals surface area contributed by atoms with E-state index in [1.807, 2.05) is 32.3 Å². The van der Waals surface area contributed by atoms with Crippen LogP contribution in [0.25, 0.3) is 22.1 Å². The van der Waals surface area contributed by atoms with Crippen molar-refractivity contribution in [2.45, 2.75) is 12.5 Å². The Hall–Kier alpha value is -2.05. The Labute approximate surface area is 138 Å². The molecule has 0 saturated carbocycles. The van der Waals surface area contributed by atoms with Crippen LogP contribution < -0.4 is 15.5 Å². The Morgan fingerprint density at radius 2 is 2.17 bits per heavy atom. The lowest BCUT2D eigenvalue weighted by molar-refractivity contribution is 0.615. The van der Waals surface area contributed by atoms with Crippen LogP contribution in [0.1, 0.15) is 6.42 Å². The zero-order valence-corrected chi connectivity index (χ0v) is 13.8. The van der Waals surface area contributed by atoms with Crippen LogP contribution in [-0.2, 0) is 0 Å². The van der Waals surface area contributed by atoms with Gasteiger partial charge in [-0.15, -0.1) is 0 Å². The minimum Gasteiger partial charge on any atom is -0.450 e. The van der Waals surface area contributed by atoms with Gasteiger partial charge in [0.05, 0.1) is 0 Å². The SMILES string of the molecule is CNc1nc(N2CC[C@@H](NC)C2)c2oc3ccc(Cl)cc3c2n1. The predicted octanol–water partition coefficient (Wildman–Crippen LogP) is 2.87. The summed E-state index contributed by atoms with van der Waals surface area (Å²) in [5, 5.41) is 7.95. The maximum absolute atomic E-state index is 6.14. The molecule has 7 heteroatoms. The first-order chi connectivity index (χ1) is 11.2. The molecule has 2 aromatic heterocycles. The van der Waals surface area contributed by atoms with Crippen LogP contribution in [0.5, 0.6) is 0 Å². The maximum Gasteiger partial charge on any atom is 0.225 e. The average Bonchev–Trinajstić information content (AvgIpc) is 3.18. The molecular weight excluding hydrogens is 314 g/mol. The molecule has 2 N–H and O–H groups in total. The van der Waals surface area contributed by atoms with E-state index in [2.05, 4.69) is 25.5 Å². The molecule has 1 saturated heterocycles. The number of fused-ring (bicyclic) bond motifs is 3. The van der Waals surface area contributed by atoms with E-state index in [0.717, 1.165) is 47.4 Å². The summed E-state index contributed by atoms with van der Waals surface area (Å²) in [5.74, 6) is 1.42. The van der Waals surface area contributed by atoms with E-state index in [-0.39, 0.29) is 0 Å². The zero-order chi connectivity index (χ0) is 16.0. The number of rotatable bonds is 3. The van der Waals surface area contributed by atoms with E-state index < -0.39 is 0 Å². The molecule has 120 valence electrons. The number of furan rings is 1. The van der Waals surface area contributed by atoms with Crippen LogP contribution in [0.2, 0.25) is 5.02 Å². The molecule has 1 aliphatic heterocycles. The van der Waals surface area contributed by atoms with Gasteiger partial charge in [0.1, 0.15) is 11.1 Å². The van der Waals surface area contributed by atoms with Gasteiger partial charge in [0.2, 0.25) is 5.95 Å². The number of halogens is 1. The summed E-state index contributed by atoms with van der Waals surface area (Å²) in [6, 6.07) is 6.06. The van der Waals surface area contributed by atoms with E-state index in [9.17, 15) is 0 Å². The lowest BCUT2D eigenvalue weighted by atomic mass is 10.2. The minimum atomic E-state index is 0.469. The molecule has 1 atom stereocenters. The fourth-order valence-electron chi connectivity index (χ4n) is 3.12. The molecule has 0 amide bonds. The molecule has 4 rings (SSSR count). The third-order valence-electron chi connectivity index (χ3n) is 4.38. The van der Waals surface area contributed by atoms with Crippen LogP contribution in [0, 0.1) is 0 Å². The third-order valence-corrected chi connectivity index (χ3v) is 4.61. The van der Waals surface area contributed by atoms with Gasteiger partial charge in [-0.2, -0.15) is 4.98 Å². The molecule has 23 heavy (non-hydrogen) atoms. The lowest BCUT2D eigenvalue weighted by Crippen LogP contribution is -2.30. The Morgan fingerprint density at radius 1 is 1.30 bits per heavy atom. The fraction of sp³-hybridized carbons (Fsp3) is 0.375. The number of nitrogens with one attached hydrogen (secondary N) is 2. The van der Waals surface area contributed by atoms with Crippen molar-refractivity contribution in [3.05, 3.63) is 23.2 Å². The van der Waals surface area contributed by atoms with E-state index in [1.54, 1.807) is 0 Å². The molecule has 3 aromatic rings. The van der Waals surface area contributed by atoms with Gasteiger partial charge in [-0.3, -0.25) is 0 Å². The number of hydrogen-bond donors (Lipinski definition) is 2. The van der Waals surface area contributed by atoms with Crippen molar-refractivity contribution in [3.63, 3.8) is 0 Å². The van der Waals surface area contributed by atoms with E-state index in [1.165, 1.54) is 0 Å².